The Balaban J connectivity index is 4.15. The van der Waals surface area contributed by atoms with E-state index in [0.29, 0.717) is 13.0 Å². The minimum absolute atomic E-state index is 0.0548. The maximum absolute atomic E-state index is 11.7. The Hall–Kier alpha value is -1.06. The van der Waals surface area contributed by atoms with Gasteiger partial charge in [0, 0.05) is 13.0 Å². The van der Waals surface area contributed by atoms with Crippen molar-refractivity contribution in [3.05, 3.63) is 0 Å². The third kappa shape index (κ3) is 4.81. The van der Waals surface area contributed by atoms with Crippen LogP contribution in [-0.2, 0) is 9.59 Å². The van der Waals surface area contributed by atoms with Crippen molar-refractivity contribution in [2.75, 3.05) is 6.54 Å². The van der Waals surface area contributed by atoms with Crippen LogP contribution in [0.25, 0.3) is 0 Å². The molecule has 0 aliphatic rings. The van der Waals surface area contributed by atoms with Gasteiger partial charge in [-0.15, -0.1) is 0 Å². The van der Waals surface area contributed by atoms with Crippen molar-refractivity contribution in [3.8, 4) is 0 Å². The van der Waals surface area contributed by atoms with Crippen molar-refractivity contribution >= 4 is 11.9 Å². The molecule has 1 N–H and O–H groups in total. The van der Waals surface area contributed by atoms with Gasteiger partial charge in [-0.25, -0.2) is 4.79 Å². The highest BCUT2D eigenvalue weighted by Gasteiger charge is 2.23. The average molecular weight is 215 g/mol. The maximum atomic E-state index is 11.7. The van der Waals surface area contributed by atoms with E-state index in [-0.39, 0.29) is 5.91 Å². The number of carboxylic acids is 1. The van der Waals surface area contributed by atoms with Crippen LogP contribution in [0.4, 0.5) is 0 Å². The Bertz CT molecular complexity index is 216. The van der Waals surface area contributed by atoms with Crippen LogP contribution in [0.3, 0.4) is 0 Å². The smallest absolute Gasteiger partial charge is 0.326 e. The fourth-order valence-corrected chi connectivity index (χ4v) is 1.47. The van der Waals surface area contributed by atoms with Gasteiger partial charge in [0.2, 0.25) is 5.91 Å². The summed E-state index contributed by atoms with van der Waals surface area (Å²) in [6, 6.07) is -0.718. The Morgan fingerprint density at radius 2 is 1.87 bits per heavy atom. The summed E-state index contributed by atoms with van der Waals surface area (Å²) in [5.74, 6) is -0.999. The van der Waals surface area contributed by atoms with Gasteiger partial charge < -0.3 is 10.0 Å². The summed E-state index contributed by atoms with van der Waals surface area (Å²) in [5.41, 5.74) is 0. The van der Waals surface area contributed by atoms with Crippen LogP contribution >= 0.6 is 0 Å². The molecule has 0 aliphatic heterocycles. The molecule has 0 unspecified atom stereocenters. The number of carboxylic acid groups (broad SMARTS) is 1. The Morgan fingerprint density at radius 1 is 1.27 bits per heavy atom. The molecule has 0 saturated heterocycles. The van der Waals surface area contributed by atoms with Crippen LogP contribution in [-0.4, -0.2) is 34.5 Å². The predicted molar refractivity (Wildman–Crippen MR) is 58.6 cm³/mol. The Kier molecular flexibility index (Phi) is 6.75. The molecule has 0 bridgehead atoms. The highest BCUT2D eigenvalue weighted by Crippen LogP contribution is 2.06. The topological polar surface area (TPSA) is 57.6 Å². The normalized spacial score (nSPS) is 12.2. The number of amides is 1. The monoisotopic (exact) mass is 215 g/mol. The zero-order chi connectivity index (χ0) is 11.8. The minimum Gasteiger partial charge on any atom is -0.480 e. The second kappa shape index (κ2) is 7.26. The fraction of sp³-hybridized carbons (Fsp3) is 0.818. The number of carbonyl (C=O) groups is 2. The molecule has 4 nitrogen and oxygen atoms in total. The van der Waals surface area contributed by atoms with Gasteiger partial charge in [-0.3, -0.25) is 4.79 Å². The molecule has 0 aromatic carbocycles. The van der Waals surface area contributed by atoms with Gasteiger partial charge >= 0.3 is 5.97 Å². The number of nitrogens with zero attached hydrogens (tertiary/aromatic N) is 1. The number of hydrogen-bond donors (Lipinski definition) is 1. The van der Waals surface area contributed by atoms with E-state index < -0.39 is 12.0 Å². The second-order valence-corrected chi connectivity index (χ2v) is 3.65. The number of rotatable bonds is 7. The largest absolute Gasteiger partial charge is 0.480 e. The van der Waals surface area contributed by atoms with Crippen LogP contribution in [0.1, 0.15) is 46.5 Å². The van der Waals surface area contributed by atoms with Crippen LogP contribution in [0.5, 0.6) is 0 Å². The highest BCUT2D eigenvalue weighted by molar-refractivity contribution is 5.83. The van der Waals surface area contributed by atoms with Gasteiger partial charge in [-0.05, 0) is 20.3 Å². The van der Waals surface area contributed by atoms with Crippen molar-refractivity contribution in [3.63, 3.8) is 0 Å². The zero-order valence-corrected chi connectivity index (χ0v) is 9.82. The molecule has 0 rings (SSSR count). The lowest BCUT2D eigenvalue weighted by atomic mass is 10.1. The van der Waals surface area contributed by atoms with E-state index in [9.17, 15) is 9.59 Å². The van der Waals surface area contributed by atoms with E-state index in [4.69, 9.17) is 5.11 Å². The van der Waals surface area contributed by atoms with E-state index >= 15 is 0 Å². The molecule has 4 heteroatoms. The first-order chi connectivity index (χ1) is 7.04. The molecule has 15 heavy (non-hydrogen) atoms. The van der Waals surface area contributed by atoms with E-state index in [2.05, 4.69) is 6.92 Å². The van der Waals surface area contributed by atoms with E-state index in [1.165, 1.54) is 4.90 Å². The van der Waals surface area contributed by atoms with Crippen LogP contribution in [0.15, 0.2) is 0 Å². The van der Waals surface area contributed by atoms with Crippen LogP contribution in [0, 0.1) is 0 Å². The lowest BCUT2D eigenvalue weighted by molar-refractivity contribution is -0.149. The molecule has 0 saturated carbocycles. The quantitative estimate of drug-likeness (QED) is 0.660. The molecular weight excluding hydrogens is 194 g/mol. The highest BCUT2D eigenvalue weighted by atomic mass is 16.4. The lowest BCUT2D eigenvalue weighted by Gasteiger charge is -2.24. The van der Waals surface area contributed by atoms with Crippen molar-refractivity contribution in [2.45, 2.75) is 52.5 Å². The van der Waals surface area contributed by atoms with Gasteiger partial charge in [0.15, 0.2) is 0 Å². The van der Waals surface area contributed by atoms with Crippen molar-refractivity contribution < 1.29 is 14.7 Å². The predicted octanol–water partition coefficient (Wildman–Crippen LogP) is 1.89. The van der Waals surface area contributed by atoms with Gasteiger partial charge in [-0.2, -0.15) is 0 Å². The van der Waals surface area contributed by atoms with Gasteiger partial charge in [-0.1, -0.05) is 19.8 Å². The van der Waals surface area contributed by atoms with Crippen LogP contribution < -0.4 is 0 Å². The number of carbonyl (C=O) groups excluding carboxylic acids is 1. The number of aliphatic carboxylic acids is 1. The first kappa shape index (κ1) is 13.9. The molecule has 1 amide bonds. The molecular formula is C11H21NO3. The molecule has 0 aromatic heterocycles. The molecule has 0 fully saturated rings. The average Bonchev–Trinajstić information content (AvgIpc) is 2.19. The standard InChI is InChI=1S/C11H21NO3/c1-4-6-7-8-10(13)12(5-2)9(3)11(14)15/h9H,4-8H2,1-3H3,(H,14,15)/t9-/m1/s1. The Morgan fingerprint density at radius 3 is 2.27 bits per heavy atom. The van der Waals surface area contributed by atoms with Gasteiger partial charge in [0.05, 0.1) is 0 Å². The van der Waals surface area contributed by atoms with E-state index in [1.807, 2.05) is 0 Å². The van der Waals surface area contributed by atoms with Gasteiger partial charge in [0.1, 0.15) is 6.04 Å². The molecule has 0 aromatic rings. The molecule has 0 radical (unpaired) electrons. The lowest BCUT2D eigenvalue weighted by Crippen LogP contribution is -2.42. The SMILES string of the molecule is CCCCCC(=O)N(CC)[C@H](C)C(=O)O. The second-order valence-electron chi connectivity index (χ2n) is 3.65. The van der Waals surface area contributed by atoms with E-state index in [0.717, 1.165) is 19.3 Å². The summed E-state index contributed by atoms with van der Waals surface area (Å²) in [6.45, 7) is 5.88. The van der Waals surface area contributed by atoms with Crippen molar-refractivity contribution in [2.24, 2.45) is 0 Å². The Labute approximate surface area is 91.3 Å². The number of likely N-dealkylation sites (N-methyl/N-ethyl adjacent to an activating group) is 1. The maximum Gasteiger partial charge on any atom is 0.326 e. The van der Waals surface area contributed by atoms with Crippen LogP contribution in [0.2, 0.25) is 0 Å². The van der Waals surface area contributed by atoms with Gasteiger partial charge in [0.25, 0.3) is 0 Å². The number of unbranched alkanes of at least 4 members (excludes halogenated alkanes) is 2. The van der Waals surface area contributed by atoms with E-state index in [1.54, 1.807) is 13.8 Å². The summed E-state index contributed by atoms with van der Waals surface area (Å²) in [6.07, 6.45) is 3.39. The van der Waals surface area contributed by atoms with Crippen molar-refractivity contribution in [1.29, 1.82) is 0 Å². The summed E-state index contributed by atoms with van der Waals surface area (Å²) in [4.78, 5) is 23.8. The summed E-state index contributed by atoms with van der Waals surface area (Å²) < 4.78 is 0. The zero-order valence-electron chi connectivity index (χ0n) is 9.82. The fourth-order valence-electron chi connectivity index (χ4n) is 1.47. The summed E-state index contributed by atoms with van der Waals surface area (Å²) >= 11 is 0. The molecule has 0 heterocycles. The summed E-state index contributed by atoms with van der Waals surface area (Å²) in [5, 5.41) is 8.81. The third-order valence-electron chi connectivity index (χ3n) is 2.48. The van der Waals surface area contributed by atoms with Crippen molar-refractivity contribution in [1.82, 2.24) is 4.90 Å². The third-order valence-corrected chi connectivity index (χ3v) is 2.48. The first-order valence-electron chi connectivity index (χ1n) is 5.56. The minimum atomic E-state index is -0.944. The molecule has 88 valence electrons. The summed E-state index contributed by atoms with van der Waals surface area (Å²) in [7, 11) is 0. The first-order valence-corrected chi connectivity index (χ1v) is 5.56. The molecule has 0 spiro atoms. The molecule has 0 aliphatic carbocycles. The number of hydrogen-bond acceptors (Lipinski definition) is 2. The molecule has 1 atom stereocenters.